The summed E-state index contributed by atoms with van der Waals surface area (Å²) in [6, 6.07) is 0.0946. The van der Waals surface area contributed by atoms with Crippen LogP contribution in [-0.4, -0.2) is 40.4 Å². The summed E-state index contributed by atoms with van der Waals surface area (Å²) in [7, 11) is 0. The summed E-state index contributed by atoms with van der Waals surface area (Å²) in [5, 5.41) is 20.4. The molecule has 4 nitrogen and oxygen atoms in total. The Morgan fingerprint density at radius 2 is 2.12 bits per heavy atom. The summed E-state index contributed by atoms with van der Waals surface area (Å²) >= 11 is 0. The van der Waals surface area contributed by atoms with Crippen molar-refractivity contribution in [2.75, 3.05) is 13.2 Å². The number of quaternary nitrogens is 1. The van der Waals surface area contributed by atoms with Crippen LogP contribution in [0.15, 0.2) is 0 Å². The Balaban J connectivity index is 2.95. The maximum absolute atomic E-state index is 11.5. The number of aliphatic hydroxyl groups excluding tert-OH is 1. The van der Waals surface area contributed by atoms with Crippen molar-refractivity contribution in [1.29, 1.82) is 0 Å². The quantitative estimate of drug-likeness (QED) is 0.731. The van der Waals surface area contributed by atoms with Gasteiger partial charge in [0.25, 0.3) is 6.09 Å². The lowest BCUT2D eigenvalue weighted by Crippen LogP contribution is -2.69. The maximum atomic E-state index is 11.5. The van der Waals surface area contributed by atoms with Crippen molar-refractivity contribution in [1.82, 2.24) is 0 Å². The second kappa shape index (κ2) is 4.72. The summed E-state index contributed by atoms with van der Waals surface area (Å²) in [5.41, 5.74) is -0.338. The largest absolute Gasteiger partial charge is 0.498 e. The van der Waals surface area contributed by atoms with Crippen LogP contribution in [0.3, 0.4) is 0 Å². The van der Waals surface area contributed by atoms with Crippen molar-refractivity contribution in [3.63, 3.8) is 0 Å². The van der Waals surface area contributed by atoms with Crippen molar-refractivity contribution in [2.45, 2.75) is 58.0 Å². The number of aliphatic hydroxyl groups is 1. The molecule has 1 heterocycles. The molecule has 1 unspecified atom stereocenters. The molecule has 0 bridgehead atoms. The molecule has 2 atom stereocenters. The second-order valence-corrected chi connectivity index (χ2v) is 5.69. The van der Waals surface area contributed by atoms with Crippen LogP contribution in [-0.2, 0) is 0 Å². The number of amides is 1. The van der Waals surface area contributed by atoms with Gasteiger partial charge in [-0.05, 0) is 27.2 Å². The van der Waals surface area contributed by atoms with Gasteiger partial charge in [-0.1, -0.05) is 0 Å². The van der Waals surface area contributed by atoms with E-state index in [9.17, 15) is 9.90 Å². The molecule has 1 aliphatic rings. The third-order valence-corrected chi connectivity index (χ3v) is 3.89. The molecule has 0 spiro atoms. The Morgan fingerprint density at radius 1 is 1.50 bits per heavy atom. The summed E-state index contributed by atoms with van der Waals surface area (Å²) in [6.07, 6.45) is 2.33. The van der Waals surface area contributed by atoms with Crippen molar-refractivity contribution >= 4 is 6.09 Å². The van der Waals surface area contributed by atoms with Gasteiger partial charge in [0.05, 0.1) is 18.1 Å². The van der Waals surface area contributed by atoms with Crippen LogP contribution >= 0.6 is 0 Å². The van der Waals surface area contributed by atoms with Crippen LogP contribution in [0.2, 0.25) is 0 Å². The minimum absolute atomic E-state index is 0.0486. The van der Waals surface area contributed by atoms with Crippen molar-refractivity contribution in [2.24, 2.45) is 0 Å². The first-order valence-electron chi connectivity index (χ1n) is 6.06. The van der Waals surface area contributed by atoms with Gasteiger partial charge in [0.1, 0.15) is 0 Å². The van der Waals surface area contributed by atoms with Gasteiger partial charge in [-0.15, -0.1) is 0 Å². The van der Waals surface area contributed by atoms with E-state index in [1.165, 1.54) is 0 Å². The molecule has 1 amide bonds. The van der Waals surface area contributed by atoms with E-state index in [0.717, 1.165) is 19.3 Å². The van der Waals surface area contributed by atoms with Gasteiger partial charge in [-0.25, -0.2) is 0 Å². The number of hydrogen-bond donors (Lipinski definition) is 1. The molecule has 1 N–H and O–H groups in total. The van der Waals surface area contributed by atoms with E-state index < -0.39 is 6.09 Å². The number of hydrogen-bond acceptors (Lipinski definition) is 3. The van der Waals surface area contributed by atoms with Crippen LogP contribution in [0, 0.1) is 0 Å². The van der Waals surface area contributed by atoms with Gasteiger partial charge in [-0.2, -0.15) is 0 Å². The molecule has 0 aromatic rings. The predicted octanol–water partition coefficient (Wildman–Crippen LogP) is 0.880. The predicted molar refractivity (Wildman–Crippen MR) is 59.6 cm³/mol. The van der Waals surface area contributed by atoms with E-state index in [-0.39, 0.29) is 22.7 Å². The van der Waals surface area contributed by atoms with Gasteiger partial charge in [0.15, 0.2) is 0 Å². The number of rotatable bonds is 3. The SMILES string of the molecule is CC(C)(C)[N+]1(C(=O)[O-])CCC[C@H]1CCCO. The van der Waals surface area contributed by atoms with Crippen LogP contribution in [0.4, 0.5) is 4.79 Å². The zero-order valence-corrected chi connectivity index (χ0v) is 10.5. The number of carbonyl (C=O) groups is 1. The highest BCUT2D eigenvalue weighted by atomic mass is 16.4. The number of nitrogens with zero attached hydrogens (tertiary/aromatic N) is 1. The Bertz CT molecular complexity index is 259. The Hall–Kier alpha value is -0.610. The van der Waals surface area contributed by atoms with Crippen LogP contribution in [0.5, 0.6) is 0 Å². The van der Waals surface area contributed by atoms with E-state index in [1.807, 2.05) is 20.8 Å². The number of carbonyl (C=O) groups excluding carboxylic acids is 1. The first kappa shape index (κ1) is 13.5. The van der Waals surface area contributed by atoms with Gasteiger partial charge in [0.2, 0.25) is 0 Å². The fraction of sp³-hybridized carbons (Fsp3) is 0.917. The average molecular weight is 229 g/mol. The Kier molecular flexibility index (Phi) is 3.97. The highest BCUT2D eigenvalue weighted by Crippen LogP contribution is 2.38. The van der Waals surface area contributed by atoms with Gasteiger partial charge in [-0.3, -0.25) is 4.48 Å². The molecular formula is C12H23NO3. The molecule has 0 radical (unpaired) electrons. The average Bonchev–Trinajstić information content (AvgIpc) is 2.57. The minimum Gasteiger partial charge on any atom is -0.498 e. The molecule has 1 saturated heterocycles. The fourth-order valence-electron chi connectivity index (χ4n) is 3.07. The smallest absolute Gasteiger partial charge is 0.258 e. The lowest BCUT2D eigenvalue weighted by atomic mass is 9.97. The maximum Gasteiger partial charge on any atom is 0.258 e. The normalized spacial score (nSPS) is 30.6. The summed E-state index contributed by atoms with van der Waals surface area (Å²) in [5.74, 6) is 0. The third-order valence-electron chi connectivity index (χ3n) is 3.89. The van der Waals surface area contributed by atoms with E-state index in [1.54, 1.807) is 0 Å². The first-order chi connectivity index (χ1) is 7.36. The molecule has 1 fully saturated rings. The highest BCUT2D eigenvalue weighted by molar-refractivity contribution is 5.55. The molecule has 94 valence electrons. The van der Waals surface area contributed by atoms with Gasteiger partial charge >= 0.3 is 0 Å². The van der Waals surface area contributed by atoms with Crippen molar-refractivity contribution in [3.05, 3.63) is 0 Å². The number of carboxylic acid groups (broad SMARTS) is 1. The van der Waals surface area contributed by atoms with E-state index >= 15 is 0 Å². The fourth-order valence-corrected chi connectivity index (χ4v) is 3.07. The summed E-state index contributed by atoms with van der Waals surface area (Å²) in [4.78, 5) is 11.5. The lowest BCUT2D eigenvalue weighted by molar-refractivity contribution is -0.930. The van der Waals surface area contributed by atoms with E-state index in [0.29, 0.717) is 13.0 Å². The van der Waals surface area contributed by atoms with Crippen molar-refractivity contribution < 1.29 is 19.5 Å². The zero-order valence-electron chi connectivity index (χ0n) is 10.5. The molecule has 0 aromatic carbocycles. The van der Waals surface area contributed by atoms with Crippen LogP contribution in [0.25, 0.3) is 0 Å². The molecule has 4 heteroatoms. The van der Waals surface area contributed by atoms with Crippen molar-refractivity contribution in [3.8, 4) is 0 Å². The summed E-state index contributed by atoms with van der Waals surface area (Å²) < 4.78 is 0.0486. The minimum atomic E-state index is -0.965. The van der Waals surface area contributed by atoms with Gasteiger partial charge in [0, 0.05) is 25.9 Å². The molecule has 0 saturated carbocycles. The first-order valence-corrected chi connectivity index (χ1v) is 6.06. The monoisotopic (exact) mass is 229 g/mol. The Labute approximate surface area is 97.5 Å². The molecule has 0 aromatic heterocycles. The molecule has 1 aliphatic heterocycles. The Morgan fingerprint density at radius 3 is 2.56 bits per heavy atom. The number of likely N-dealkylation sites (tertiary alicyclic amines) is 1. The van der Waals surface area contributed by atoms with Crippen LogP contribution in [0.1, 0.15) is 46.5 Å². The lowest BCUT2D eigenvalue weighted by Gasteiger charge is -2.49. The molecule has 16 heavy (non-hydrogen) atoms. The standard InChI is InChI=1S/C12H23NO3/c1-12(2,3)13(11(15)16)8-4-6-10(13)7-5-9-14/h10,14H,4-9H2,1-3H3/t10-,13?/m0/s1. The highest BCUT2D eigenvalue weighted by Gasteiger charge is 2.51. The topological polar surface area (TPSA) is 60.4 Å². The second-order valence-electron chi connectivity index (χ2n) is 5.69. The zero-order chi connectivity index (χ0) is 12.4. The summed E-state index contributed by atoms with van der Waals surface area (Å²) in [6.45, 7) is 6.66. The van der Waals surface area contributed by atoms with Gasteiger partial charge < -0.3 is 15.0 Å². The molecule has 1 rings (SSSR count). The van der Waals surface area contributed by atoms with Crippen LogP contribution < -0.4 is 5.11 Å². The molecular weight excluding hydrogens is 206 g/mol. The van der Waals surface area contributed by atoms with E-state index in [2.05, 4.69) is 0 Å². The molecule has 0 aliphatic carbocycles. The van der Waals surface area contributed by atoms with E-state index in [4.69, 9.17) is 5.11 Å². The third kappa shape index (κ3) is 2.09.